The van der Waals surface area contributed by atoms with E-state index >= 15 is 0 Å². The van der Waals surface area contributed by atoms with Gasteiger partial charge in [-0.3, -0.25) is 0 Å². The molecule has 0 fully saturated rings. The van der Waals surface area contributed by atoms with Gasteiger partial charge in [-0.05, 0) is 49.4 Å². The summed E-state index contributed by atoms with van der Waals surface area (Å²) >= 11 is 0. The highest BCUT2D eigenvalue weighted by Gasteiger charge is 2.06. The predicted octanol–water partition coefficient (Wildman–Crippen LogP) is 4.86. The van der Waals surface area contributed by atoms with E-state index < -0.39 is 0 Å². The zero-order valence-corrected chi connectivity index (χ0v) is 13.8. The molecule has 4 nitrogen and oxygen atoms in total. The number of hydrogen-bond acceptors (Lipinski definition) is 4. The van der Waals surface area contributed by atoms with Crippen molar-refractivity contribution in [2.24, 2.45) is 0 Å². The smallest absolute Gasteiger partial charge is 0.213 e. The molecule has 2 aromatic carbocycles. The Morgan fingerprint density at radius 1 is 0.920 bits per heavy atom. The fraction of sp³-hybridized carbons (Fsp3) is 0.150. The second-order valence-corrected chi connectivity index (χ2v) is 5.44. The number of ether oxygens (including phenoxy) is 3. The summed E-state index contributed by atoms with van der Waals surface area (Å²) in [7, 11) is 0. The van der Waals surface area contributed by atoms with Crippen LogP contribution in [0.5, 0.6) is 23.1 Å². The molecule has 1 heterocycles. The second-order valence-electron chi connectivity index (χ2n) is 5.44. The third-order valence-corrected chi connectivity index (χ3v) is 3.30. The minimum absolute atomic E-state index is 0.141. The van der Waals surface area contributed by atoms with Crippen molar-refractivity contribution in [1.82, 2.24) is 4.98 Å². The lowest BCUT2D eigenvalue weighted by atomic mass is 10.3. The van der Waals surface area contributed by atoms with E-state index in [1.807, 2.05) is 19.1 Å². The monoisotopic (exact) mass is 339 g/mol. The zero-order chi connectivity index (χ0) is 17.5. The van der Waals surface area contributed by atoms with E-state index in [0.29, 0.717) is 29.7 Å². The highest BCUT2D eigenvalue weighted by Crippen LogP contribution is 2.24. The Morgan fingerprint density at radius 3 is 2.44 bits per heavy atom. The Hall–Kier alpha value is -3.08. The van der Waals surface area contributed by atoms with Crippen LogP contribution in [0, 0.1) is 5.82 Å². The Kier molecular flexibility index (Phi) is 5.46. The van der Waals surface area contributed by atoms with Crippen LogP contribution in [0.3, 0.4) is 0 Å². The standard InChI is InChI=1S/C20H18FNO3/c1-15(24-20-7-2-3-12-22-20)14-23-17-8-10-18(11-9-17)25-19-6-4-5-16(21)13-19/h2-13,15H,14H2,1H3. The van der Waals surface area contributed by atoms with E-state index in [1.165, 1.54) is 12.1 Å². The molecule has 5 heteroatoms. The summed E-state index contributed by atoms with van der Waals surface area (Å²) in [5.41, 5.74) is 0. The van der Waals surface area contributed by atoms with Crippen LogP contribution < -0.4 is 14.2 Å². The minimum Gasteiger partial charge on any atom is -0.490 e. The topological polar surface area (TPSA) is 40.6 Å². The fourth-order valence-electron chi connectivity index (χ4n) is 2.14. The molecule has 0 spiro atoms. The number of nitrogens with zero attached hydrogens (tertiary/aromatic N) is 1. The van der Waals surface area contributed by atoms with E-state index in [-0.39, 0.29) is 11.9 Å². The van der Waals surface area contributed by atoms with Gasteiger partial charge in [-0.2, -0.15) is 0 Å². The molecule has 1 atom stereocenters. The van der Waals surface area contributed by atoms with Gasteiger partial charge in [0.15, 0.2) is 0 Å². The molecule has 0 saturated carbocycles. The van der Waals surface area contributed by atoms with Crippen LogP contribution in [-0.2, 0) is 0 Å². The van der Waals surface area contributed by atoms with Crippen LogP contribution in [0.15, 0.2) is 72.9 Å². The third-order valence-electron chi connectivity index (χ3n) is 3.30. The molecule has 0 aliphatic rings. The van der Waals surface area contributed by atoms with Crippen molar-refractivity contribution < 1.29 is 18.6 Å². The summed E-state index contributed by atoms with van der Waals surface area (Å²) in [5, 5.41) is 0. The third kappa shape index (κ3) is 5.21. The number of aromatic nitrogens is 1. The maximum atomic E-state index is 13.1. The Labute approximate surface area is 145 Å². The molecule has 0 bridgehead atoms. The molecule has 25 heavy (non-hydrogen) atoms. The largest absolute Gasteiger partial charge is 0.490 e. The lowest BCUT2D eigenvalue weighted by molar-refractivity contribution is 0.138. The molecule has 1 aromatic heterocycles. The molecule has 3 rings (SSSR count). The summed E-state index contributed by atoms with van der Waals surface area (Å²) in [6.07, 6.45) is 1.54. The second kappa shape index (κ2) is 8.15. The van der Waals surface area contributed by atoms with E-state index in [2.05, 4.69) is 4.98 Å². The van der Waals surface area contributed by atoms with Crippen molar-refractivity contribution in [3.63, 3.8) is 0 Å². The van der Waals surface area contributed by atoms with E-state index in [0.717, 1.165) is 0 Å². The number of rotatable bonds is 7. The first-order valence-electron chi connectivity index (χ1n) is 7.93. The highest BCUT2D eigenvalue weighted by molar-refractivity contribution is 5.35. The Morgan fingerprint density at radius 2 is 1.72 bits per heavy atom. The fourth-order valence-corrected chi connectivity index (χ4v) is 2.14. The van der Waals surface area contributed by atoms with Gasteiger partial charge in [0.25, 0.3) is 0 Å². The summed E-state index contributed by atoms with van der Waals surface area (Å²) in [6.45, 7) is 2.30. The molecule has 0 N–H and O–H groups in total. The molecular formula is C20H18FNO3. The van der Waals surface area contributed by atoms with Gasteiger partial charge < -0.3 is 14.2 Å². The van der Waals surface area contributed by atoms with Gasteiger partial charge in [0.1, 0.15) is 35.8 Å². The maximum absolute atomic E-state index is 13.1. The number of benzene rings is 2. The first kappa shape index (κ1) is 16.8. The quantitative estimate of drug-likeness (QED) is 0.616. The van der Waals surface area contributed by atoms with Crippen molar-refractivity contribution >= 4 is 0 Å². The van der Waals surface area contributed by atoms with Crippen LogP contribution in [0.2, 0.25) is 0 Å². The van der Waals surface area contributed by atoms with Crippen molar-refractivity contribution in [2.45, 2.75) is 13.0 Å². The summed E-state index contributed by atoms with van der Waals surface area (Å²) in [5.74, 6) is 1.99. The Bertz CT molecular complexity index is 794. The average molecular weight is 339 g/mol. The van der Waals surface area contributed by atoms with Crippen LogP contribution >= 0.6 is 0 Å². The SMILES string of the molecule is CC(COc1ccc(Oc2cccc(F)c2)cc1)Oc1ccccn1. The first-order chi connectivity index (χ1) is 12.2. The normalized spacial score (nSPS) is 11.6. The molecule has 0 amide bonds. The van der Waals surface area contributed by atoms with Crippen molar-refractivity contribution in [1.29, 1.82) is 0 Å². The highest BCUT2D eigenvalue weighted by atomic mass is 19.1. The van der Waals surface area contributed by atoms with E-state index in [1.54, 1.807) is 48.7 Å². The van der Waals surface area contributed by atoms with Gasteiger partial charge in [-0.1, -0.05) is 12.1 Å². The molecule has 0 aliphatic heterocycles. The van der Waals surface area contributed by atoms with Crippen LogP contribution in [0.1, 0.15) is 6.92 Å². The summed E-state index contributed by atoms with van der Waals surface area (Å²) in [4.78, 5) is 4.11. The molecular weight excluding hydrogens is 321 g/mol. The molecule has 1 unspecified atom stereocenters. The van der Waals surface area contributed by atoms with Crippen LogP contribution in [0.4, 0.5) is 4.39 Å². The van der Waals surface area contributed by atoms with Gasteiger partial charge in [0, 0.05) is 18.3 Å². The molecule has 0 aliphatic carbocycles. The predicted molar refractivity (Wildman–Crippen MR) is 92.7 cm³/mol. The summed E-state index contributed by atoms with van der Waals surface area (Å²) in [6, 6.07) is 18.6. The van der Waals surface area contributed by atoms with Gasteiger partial charge in [-0.15, -0.1) is 0 Å². The number of pyridine rings is 1. The average Bonchev–Trinajstić information content (AvgIpc) is 2.62. The van der Waals surface area contributed by atoms with Crippen molar-refractivity contribution in [3.05, 3.63) is 78.7 Å². The molecule has 0 saturated heterocycles. The van der Waals surface area contributed by atoms with Crippen molar-refractivity contribution in [3.8, 4) is 23.1 Å². The van der Waals surface area contributed by atoms with Crippen LogP contribution in [0.25, 0.3) is 0 Å². The van der Waals surface area contributed by atoms with Gasteiger partial charge >= 0.3 is 0 Å². The van der Waals surface area contributed by atoms with E-state index in [9.17, 15) is 4.39 Å². The van der Waals surface area contributed by atoms with E-state index in [4.69, 9.17) is 14.2 Å². The van der Waals surface area contributed by atoms with Gasteiger partial charge in [0.2, 0.25) is 5.88 Å². The lowest BCUT2D eigenvalue weighted by Gasteiger charge is -2.15. The molecule has 0 radical (unpaired) electrons. The number of hydrogen-bond donors (Lipinski definition) is 0. The Balaban J connectivity index is 1.50. The minimum atomic E-state index is -0.334. The van der Waals surface area contributed by atoms with Gasteiger partial charge in [0.05, 0.1) is 0 Å². The lowest BCUT2D eigenvalue weighted by Crippen LogP contribution is -2.21. The van der Waals surface area contributed by atoms with Crippen LogP contribution in [-0.4, -0.2) is 17.7 Å². The maximum Gasteiger partial charge on any atom is 0.213 e. The molecule has 128 valence electrons. The zero-order valence-electron chi connectivity index (χ0n) is 13.8. The first-order valence-corrected chi connectivity index (χ1v) is 7.93. The summed E-state index contributed by atoms with van der Waals surface area (Å²) < 4.78 is 30.1. The number of halogens is 1. The van der Waals surface area contributed by atoms with Crippen molar-refractivity contribution in [2.75, 3.05) is 6.61 Å². The molecule has 3 aromatic rings. The van der Waals surface area contributed by atoms with Gasteiger partial charge in [-0.25, -0.2) is 9.37 Å².